The van der Waals surface area contributed by atoms with E-state index in [1.165, 1.54) is 16.0 Å². The summed E-state index contributed by atoms with van der Waals surface area (Å²) in [5, 5.41) is 2.09. The molecule has 0 aliphatic carbocycles. The minimum Gasteiger partial charge on any atom is -0.491 e. The predicted octanol–water partition coefficient (Wildman–Crippen LogP) is 4.76. The number of hydrogen-bond acceptors (Lipinski definition) is 4. The first kappa shape index (κ1) is 23.3. The van der Waals surface area contributed by atoms with E-state index in [0.29, 0.717) is 19.7 Å². The van der Waals surface area contributed by atoms with Crippen molar-refractivity contribution in [2.75, 3.05) is 26.2 Å². The molecule has 2 heterocycles. The van der Waals surface area contributed by atoms with Crippen LogP contribution in [0.3, 0.4) is 0 Å². The van der Waals surface area contributed by atoms with Crippen molar-refractivity contribution in [1.82, 2.24) is 9.80 Å². The highest BCUT2D eigenvalue weighted by molar-refractivity contribution is 7.10. The first-order chi connectivity index (χ1) is 14.8. The average molecular weight is 443 g/mol. The van der Waals surface area contributed by atoms with E-state index in [2.05, 4.69) is 24.4 Å². The molecule has 3 rings (SSSR count). The number of amides is 2. The average Bonchev–Trinajstić information content (AvgIpc) is 3.21. The van der Waals surface area contributed by atoms with Crippen molar-refractivity contribution in [1.29, 1.82) is 0 Å². The zero-order valence-electron chi connectivity index (χ0n) is 19.3. The molecule has 1 aromatic heterocycles. The van der Waals surface area contributed by atoms with Crippen LogP contribution in [-0.2, 0) is 16.0 Å². The molecule has 31 heavy (non-hydrogen) atoms. The van der Waals surface area contributed by atoms with Gasteiger partial charge in [0.25, 0.3) is 0 Å². The van der Waals surface area contributed by atoms with Crippen molar-refractivity contribution in [3.05, 3.63) is 51.2 Å². The van der Waals surface area contributed by atoms with Gasteiger partial charge in [-0.15, -0.1) is 11.3 Å². The molecule has 1 aliphatic rings. The standard InChI is InChI=1S/C25H34N2O3S/c1-6-11-26(25(29)17(2)3)15-24(28)27-12-9-23-20(10-13-31-23)21(27)16-30-22-8-7-18(4)14-19(22)5/h7-8,10,13-14,17,21H,6,9,11-12,15-16H2,1-5H3. The summed E-state index contributed by atoms with van der Waals surface area (Å²) in [7, 11) is 0. The first-order valence-electron chi connectivity index (χ1n) is 11.2. The molecule has 1 aromatic carbocycles. The number of benzene rings is 1. The summed E-state index contributed by atoms with van der Waals surface area (Å²) in [6.07, 6.45) is 1.68. The van der Waals surface area contributed by atoms with Crippen molar-refractivity contribution in [3.8, 4) is 5.75 Å². The Morgan fingerprint density at radius 2 is 2.03 bits per heavy atom. The second-order valence-electron chi connectivity index (χ2n) is 8.65. The van der Waals surface area contributed by atoms with Gasteiger partial charge in [0.15, 0.2) is 0 Å². The minimum atomic E-state index is -0.138. The number of thiophene rings is 1. The summed E-state index contributed by atoms with van der Waals surface area (Å²) < 4.78 is 6.21. The van der Waals surface area contributed by atoms with E-state index >= 15 is 0 Å². The molecule has 1 unspecified atom stereocenters. The number of nitrogens with zero attached hydrogens (tertiary/aromatic N) is 2. The molecule has 0 saturated heterocycles. The van der Waals surface area contributed by atoms with Crippen molar-refractivity contribution < 1.29 is 14.3 Å². The van der Waals surface area contributed by atoms with E-state index in [1.807, 2.05) is 44.7 Å². The Balaban J connectivity index is 1.78. The van der Waals surface area contributed by atoms with Crippen LogP contribution in [0.2, 0.25) is 0 Å². The molecule has 0 radical (unpaired) electrons. The predicted molar refractivity (Wildman–Crippen MR) is 126 cm³/mol. The van der Waals surface area contributed by atoms with Crippen LogP contribution >= 0.6 is 11.3 Å². The molecule has 2 aromatic rings. The van der Waals surface area contributed by atoms with Gasteiger partial charge in [0.2, 0.25) is 11.8 Å². The van der Waals surface area contributed by atoms with E-state index < -0.39 is 0 Å². The summed E-state index contributed by atoms with van der Waals surface area (Å²) >= 11 is 1.74. The summed E-state index contributed by atoms with van der Waals surface area (Å²) in [6, 6.07) is 8.12. The van der Waals surface area contributed by atoms with E-state index in [0.717, 1.165) is 24.2 Å². The Labute approximate surface area is 190 Å². The number of ether oxygens (including phenoxy) is 1. The van der Waals surface area contributed by atoms with Crippen LogP contribution in [0.15, 0.2) is 29.6 Å². The lowest BCUT2D eigenvalue weighted by atomic mass is 10.00. The highest BCUT2D eigenvalue weighted by Crippen LogP contribution is 2.34. The third-order valence-electron chi connectivity index (χ3n) is 5.77. The lowest BCUT2D eigenvalue weighted by Crippen LogP contribution is -2.48. The van der Waals surface area contributed by atoms with Crippen LogP contribution < -0.4 is 4.74 Å². The first-order valence-corrected chi connectivity index (χ1v) is 12.0. The van der Waals surface area contributed by atoms with Gasteiger partial charge in [0.05, 0.1) is 12.6 Å². The van der Waals surface area contributed by atoms with Crippen LogP contribution in [0.4, 0.5) is 0 Å². The van der Waals surface area contributed by atoms with Crippen LogP contribution in [0.1, 0.15) is 54.8 Å². The Kier molecular flexibility index (Phi) is 7.76. The van der Waals surface area contributed by atoms with E-state index in [9.17, 15) is 9.59 Å². The molecule has 168 valence electrons. The number of hydrogen-bond donors (Lipinski definition) is 0. The van der Waals surface area contributed by atoms with Crippen LogP contribution in [0, 0.1) is 19.8 Å². The Morgan fingerprint density at radius 3 is 2.71 bits per heavy atom. The zero-order chi connectivity index (χ0) is 22.5. The van der Waals surface area contributed by atoms with Gasteiger partial charge in [-0.1, -0.05) is 38.5 Å². The molecular formula is C25H34N2O3S. The van der Waals surface area contributed by atoms with E-state index in [4.69, 9.17) is 4.74 Å². The summed E-state index contributed by atoms with van der Waals surface area (Å²) in [5.41, 5.74) is 3.47. The van der Waals surface area contributed by atoms with Crippen molar-refractivity contribution >= 4 is 23.2 Å². The smallest absolute Gasteiger partial charge is 0.242 e. The van der Waals surface area contributed by atoms with Gasteiger partial charge < -0.3 is 14.5 Å². The second-order valence-corrected chi connectivity index (χ2v) is 9.65. The number of fused-ring (bicyclic) bond motifs is 1. The van der Waals surface area contributed by atoms with Gasteiger partial charge in [0, 0.05) is 23.9 Å². The molecule has 0 spiro atoms. The summed E-state index contributed by atoms with van der Waals surface area (Å²) in [6.45, 7) is 11.7. The lowest BCUT2D eigenvalue weighted by molar-refractivity contribution is -0.144. The maximum Gasteiger partial charge on any atom is 0.242 e. The molecule has 0 saturated carbocycles. The summed E-state index contributed by atoms with van der Waals surface area (Å²) in [5.74, 6) is 0.760. The molecule has 0 fully saturated rings. The Hall–Kier alpha value is -2.34. The topological polar surface area (TPSA) is 49.9 Å². The third-order valence-corrected chi connectivity index (χ3v) is 6.76. The quantitative estimate of drug-likeness (QED) is 0.592. The van der Waals surface area contributed by atoms with Gasteiger partial charge in [-0.25, -0.2) is 0 Å². The van der Waals surface area contributed by atoms with Crippen LogP contribution in [0.5, 0.6) is 5.75 Å². The third kappa shape index (κ3) is 5.48. The number of aryl methyl sites for hydroxylation is 2. The highest BCUT2D eigenvalue weighted by Gasteiger charge is 2.33. The van der Waals surface area contributed by atoms with Crippen molar-refractivity contribution in [2.45, 2.75) is 53.5 Å². The van der Waals surface area contributed by atoms with E-state index in [1.54, 1.807) is 16.2 Å². The molecule has 1 aliphatic heterocycles. The molecule has 0 bridgehead atoms. The van der Waals surface area contributed by atoms with Gasteiger partial charge in [-0.3, -0.25) is 9.59 Å². The fourth-order valence-corrected chi connectivity index (χ4v) is 5.09. The number of rotatable bonds is 8. The van der Waals surface area contributed by atoms with Gasteiger partial charge >= 0.3 is 0 Å². The molecule has 5 nitrogen and oxygen atoms in total. The maximum absolute atomic E-state index is 13.4. The molecule has 0 N–H and O–H groups in total. The normalized spacial score (nSPS) is 15.7. The zero-order valence-corrected chi connectivity index (χ0v) is 20.1. The van der Waals surface area contributed by atoms with Crippen LogP contribution in [-0.4, -0.2) is 47.9 Å². The van der Waals surface area contributed by atoms with Crippen molar-refractivity contribution in [3.63, 3.8) is 0 Å². The Morgan fingerprint density at radius 1 is 1.26 bits per heavy atom. The Bertz CT molecular complexity index is 921. The second kappa shape index (κ2) is 10.3. The molecule has 1 atom stereocenters. The van der Waals surface area contributed by atoms with Crippen molar-refractivity contribution in [2.24, 2.45) is 5.92 Å². The molecular weight excluding hydrogens is 408 g/mol. The minimum absolute atomic E-state index is 0.00599. The SMILES string of the molecule is CCCN(CC(=O)N1CCc2sccc2C1COc1ccc(C)cc1C)C(=O)C(C)C. The highest BCUT2D eigenvalue weighted by atomic mass is 32.1. The van der Waals surface area contributed by atoms with Gasteiger partial charge in [-0.2, -0.15) is 0 Å². The van der Waals surface area contributed by atoms with Crippen LogP contribution in [0.25, 0.3) is 0 Å². The molecule has 2 amide bonds. The molecule has 6 heteroatoms. The van der Waals surface area contributed by atoms with E-state index in [-0.39, 0.29) is 30.3 Å². The maximum atomic E-state index is 13.4. The fourth-order valence-electron chi connectivity index (χ4n) is 4.16. The fraction of sp³-hybridized carbons (Fsp3) is 0.520. The largest absolute Gasteiger partial charge is 0.491 e. The van der Waals surface area contributed by atoms with Gasteiger partial charge in [-0.05, 0) is 55.3 Å². The van der Waals surface area contributed by atoms with Gasteiger partial charge in [0.1, 0.15) is 12.4 Å². The lowest BCUT2D eigenvalue weighted by Gasteiger charge is -2.37. The summed E-state index contributed by atoms with van der Waals surface area (Å²) in [4.78, 5) is 30.9. The number of carbonyl (C=O) groups is 2. The monoisotopic (exact) mass is 442 g/mol. The number of carbonyl (C=O) groups excluding carboxylic acids is 2.